The van der Waals surface area contributed by atoms with Crippen molar-refractivity contribution >= 4 is 17.7 Å². The first-order chi connectivity index (χ1) is 9.69. The van der Waals surface area contributed by atoms with Gasteiger partial charge >= 0.3 is 5.97 Å². The third kappa shape index (κ3) is 4.06. The molecular formula is C15H21N3O2. The SMILES string of the molecule is CCOC(=O)/C=C/c1cncc(N2CCN(C)CC2)c1. The van der Waals surface area contributed by atoms with Crippen LogP contribution in [0.3, 0.4) is 0 Å². The van der Waals surface area contributed by atoms with Gasteiger partial charge < -0.3 is 14.5 Å². The fraction of sp³-hybridized carbons (Fsp3) is 0.467. The first-order valence-electron chi connectivity index (χ1n) is 6.92. The smallest absolute Gasteiger partial charge is 0.330 e. The number of carbonyl (C=O) groups excluding carboxylic acids is 1. The maximum Gasteiger partial charge on any atom is 0.330 e. The van der Waals surface area contributed by atoms with Gasteiger partial charge in [0.1, 0.15) is 0 Å². The highest BCUT2D eigenvalue weighted by Gasteiger charge is 2.14. The Balaban J connectivity index is 2.02. The summed E-state index contributed by atoms with van der Waals surface area (Å²) in [7, 11) is 2.13. The Morgan fingerprint density at radius 3 is 2.80 bits per heavy atom. The Kier molecular flexibility index (Phi) is 5.12. The van der Waals surface area contributed by atoms with E-state index in [0.717, 1.165) is 37.4 Å². The monoisotopic (exact) mass is 275 g/mol. The van der Waals surface area contributed by atoms with Crippen molar-refractivity contribution in [3.63, 3.8) is 0 Å². The molecule has 1 saturated heterocycles. The second-order valence-electron chi connectivity index (χ2n) is 4.85. The van der Waals surface area contributed by atoms with Crippen LogP contribution in [-0.2, 0) is 9.53 Å². The highest BCUT2D eigenvalue weighted by Crippen LogP contribution is 2.17. The van der Waals surface area contributed by atoms with E-state index >= 15 is 0 Å². The minimum Gasteiger partial charge on any atom is -0.463 e. The summed E-state index contributed by atoms with van der Waals surface area (Å²) < 4.78 is 4.86. The Labute approximate surface area is 119 Å². The molecule has 1 aliphatic heterocycles. The number of piperazine rings is 1. The van der Waals surface area contributed by atoms with Crippen LogP contribution in [0.2, 0.25) is 0 Å². The number of nitrogens with zero attached hydrogens (tertiary/aromatic N) is 3. The van der Waals surface area contributed by atoms with Crippen LogP contribution >= 0.6 is 0 Å². The lowest BCUT2D eigenvalue weighted by Gasteiger charge is -2.33. The Bertz CT molecular complexity index is 480. The highest BCUT2D eigenvalue weighted by molar-refractivity contribution is 5.87. The van der Waals surface area contributed by atoms with Crippen LogP contribution in [0, 0.1) is 0 Å². The molecule has 0 unspecified atom stereocenters. The lowest BCUT2D eigenvalue weighted by atomic mass is 10.2. The van der Waals surface area contributed by atoms with E-state index in [-0.39, 0.29) is 5.97 Å². The third-order valence-corrected chi connectivity index (χ3v) is 3.31. The fourth-order valence-electron chi connectivity index (χ4n) is 2.13. The van der Waals surface area contributed by atoms with E-state index in [1.165, 1.54) is 6.08 Å². The first-order valence-corrected chi connectivity index (χ1v) is 6.92. The molecule has 108 valence electrons. The van der Waals surface area contributed by atoms with E-state index in [9.17, 15) is 4.79 Å². The van der Waals surface area contributed by atoms with Crippen molar-refractivity contribution in [1.29, 1.82) is 0 Å². The molecule has 0 aliphatic carbocycles. The largest absolute Gasteiger partial charge is 0.463 e. The molecule has 1 aromatic heterocycles. The van der Waals surface area contributed by atoms with E-state index in [1.54, 1.807) is 19.2 Å². The molecule has 20 heavy (non-hydrogen) atoms. The maximum atomic E-state index is 11.3. The van der Waals surface area contributed by atoms with Gasteiger partial charge in [0, 0.05) is 38.5 Å². The topological polar surface area (TPSA) is 45.7 Å². The van der Waals surface area contributed by atoms with Crippen molar-refractivity contribution in [1.82, 2.24) is 9.88 Å². The van der Waals surface area contributed by atoms with Gasteiger partial charge in [-0.05, 0) is 31.7 Å². The summed E-state index contributed by atoms with van der Waals surface area (Å²) >= 11 is 0. The minimum atomic E-state index is -0.322. The van der Waals surface area contributed by atoms with Crippen LogP contribution in [0.1, 0.15) is 12.5 Å². The summed E-state index contributed by atoms with van der Waals surface area (Å²) in [6.45, 7) is 6.31. The molecule has 0 N–H and O–H groups in total. The molecule has 0 aromatic carbocycles. The van der Waals surface area contributed by atoms with Gasteiger partial charge in [-0.2, -0.15) is 0 Å². The quantitative estimate of drug-likeness (QED) is 0.614. The Hall–Kier alpha value is -1.88. The van der Waals surface area contributed by atoms with Crippen molar-refractivity contribution in [2.75, 3.05) is 44.7 Å². The summed E-state index contributed by atoms with van der Waals surface area (Å²) in [6, 6.07) is 2.05. The predicted octanol–water partition coefficient (Wildman–Crippen LogP) is 1.41. The van der Waals surface area contributed by atoms with Crippen LogP contribution in [0.5, 0.6) is 0 Å². The molecule has 1 aliphatic rings. The molecule has 2 heterocycles. The van der Waals surface area contributed by atoms with Gasteiger partial charge in [-0.15, -0.1) is 0 Å². The highest BCUT2D eigenvalue weighted by atomic mass is 16.5. The number of likely N-dealkylation sites (N-methyl/N-ethyl adjacent to an activating group) is 1. The van der Waals surface area contributed by atoms with Gasteiger partial charge in [0.15, 0.2) is 0 Å². The zero-order chi connectivity index (χ0) is 14.4. The molecule has 0 spiro atoms. The Morgan fingerprint density at radius 1 is 1.35 bits per heavy atom. The number of aromatic nitrogens is 1. The van der Waals surface area contributed by atoms with Crippen LogP contribution in [0.15, 0.2) is 24.5 Å². The molecule has 5 heteroatoms. The zero-order valence-corrected chi connectivity index (χ0v) is 12.1. The minimum absolute atomic E-state index is 0.322. The van der Waals surface area contributed by atoms with E-state index in [2.05, 4.69) is 21.8 Å². The number of esters is 1. The number of anilines is 1. The molecule has 5 nitrogen and oxygen atoms in total. The van der Waals surface area contributed by atoms with Gasteiger partial charge in [-0.3, -0.25) is 4.98 Å². The third-order valence-electron chi connectivity index (χ3n) is 3.31. The average molecular weight is 275 g/mol. The van der Waals surface area contributed by atoms with E-state index in [0.29, 0.717) is 6.61 Å². The van der Waals surface area contributed by atoms with Crippen LogP contribution in [0.4, 0.5) is 5.69 Å². The van der Waals surface area contributed by atoms with Crippen molar-refractivity contribution in [2.45, 2.75) is 6.92 Å². The van der Waals surface area contributed by atoms with Gasteiger partial charge in [0.2, 0.25) is 0 Å². The molecule has 0 radical (unpaired) electrons. The molecule has 1 aromatic rings. The number of rotatable bonds is 4. The van der Waals surface area contributed by atoms with Crippen LogP contribution in [0.25, 0.3) is 6.08 Å². The van der Waals surface area contributed by atoms with E-state index < -0.39 is 0 Å². The van der Waals surface area contributed by atoms with Gasteiger partial charge in [0.05, 0.1) is 18.5 Å². The Morgan fingerprint density at radius 2 is 2.10 bits per heavy atom. The van der Waals surface area contributed by atoms with E-state index in [4.69, 9.17) is 4.74 Å². The summed E-state index contributed by atoms with van der Waals surface area (Å²) in [5.74, 6) is -0.322. The summed E-state index contributed by atoms with van der Waals surface area (Å²) in [4.78, 5) is 20.2. The normalized spacial score (nSPS) is 16.6. The van der Waals surface area contributed by atoms with Crippen molar-refractivity contribution < 1.29 is 9.53 Å². The number of hydrogen-bond donors (Lipinski definition) is 0. The molecule has 0 bridgehead atoms. The van der Waals surface area contributed by atoms with Gasteiger partial charge in [-0.25, -0.2) is 4.79 Å². The van der Waals surface area contributed by atoms with Crippen LogP contribution < -0.4 is 4.90 Å². The summed E-state index contributed by atoms with van der Waals surface area (Å²) in [5.41, 5.74) is 2.01. The molecule has 0 saturated carbocycles. The van der Waals surface area contributed by atoms with E-state index in [1.807, 2.05) is 12.3 Å². The molecular weight excluding hydrogens is 254 g/mol. The molecule has 1 fully saturated rings. The van der Waals surface area contributed by atoms with Crippen LogP contribution in [-0.4, -0.2) is 55.7 Å². The first kappa shape index (κ1) is 14.5. The summed E-state index contributed by atoms with van der Waals surface area (Å²) in [5, 5.41) is 0. The molecule has 2 rings (SSSR count). The fourth-order valence-corrected chi connectivity index (χ4v) is 2.13. The van der Waals surface area contributed by atoms with Crippen molar-refractivity contribution in [3.05, 3.63) is 30.1 Å². The second-order valence-corrected chi connectivity index (χ2v) is 4.85. The number of carbonyl (C=O) groups is 1. The lowest BCUT2D eigenvalue weighted by molar-refractivity contribution is -0.137. The lowest BCUT2D eigenvalue weighted by Crippen LogP contribution is -2.44. The summed E-state index contributed by atoms with van der Waals surface area (Å²) in [6.07, 6.45) is 6.79. The number of pyridine rings is 1. The second kappa shape index (κ2) is 7.05. The standard InChI is InChI=1S/C15H21N3O2/c1-3-20-15(19)5-4-13-10-14(12-16-11-13)18-8-6-17(2)7-9-18/h4-5,10-12H,3,6-9H2,1-2H3/b5-4+. The zero-order valence-electron chi connectivity index (χ0n) is 12.1. The van der Waals surface area contributed by atoms with Gasteiger partial charge in [-0.1, -0.05) is 0 Å². The molecule has 0 amide bonds. The molecule has 0 atom stereocenters. The number of ether oxygens (including phenoxy) is 1. The van der Waals surface area contributed by atoms with Crippen molar-refractivity contribution in [2.24, 2.45) is 0 Å². The average Bonchev–Trinajstić information content (AvgIpc) is 2.47. The van der Waals surface area contributed by atoms with Crippen molar-refractivity contribution in [3.8, 4) is 0 Å². The predicted molar refractivity (Wildman–Crippen MR) is 79.6 cm³/mol. The van der Waals surface area contributed by atoms with Gasteiger partial charge in [0.25, 0.3) is 0 Å². The maximum absolute atomic E-state index is 11.3. The number of hydrogen-bond acceptors (Lipinski definition) is 5.